The molecule has 0 bridgehead atoms. The zero-order valence-corrected chi connectivity index (χ0v) is 12.9. The van der Waals surface area contributed by atoms with Gasteiger partial charge in [0.1, 0.15) is 6.26 Å². The van der Waals surface area contributed by atoms with Crippen LogP contribution >= 0.6 is 0 Å². The van der Waals surface area contributed by atoms with Crippen molar-refractivity contribution in [3.8, 4) is 0 Å². The molecule has 1 aliphatic carbocycles. The van der Waals surface area contributed by atoms with Crippen LogP contribution in [-0.2, 0) is 4.79 Å². The Hall–Kier alpha value is -1.78. The van der Waals surface area contributed by atoms with Crippen molar-refractivity contribution in [1.82, 2.24) is 10.2 Å². The van der Waals surface area contributed by atoms with Gasteiger partial charge in [-0.1, -0.05) is 12.8 Å². The van der Waals surface area contributed by atoms with Crippen molar-refractivity contribution in [3.63, 3.8) is 0 Å². The second-order valence-electron chi connectivity index (χ2n) is 6.50. The zero-order valence-electron chi connectivity index (χ0n) is 12.9. The molecule has 1 aliphatic heterocycles. The first kappa shape index (κ1) is 15.1. The normalized spacial score (nSPS) is 20.3. The van der Waals surface area contributed by atoms with Crippen LogP contribution in [0.4, 0.5) is 0 Å². The molecule has 120 valence electrons. The third kappa shape index (κ3) is 3.70. The first-order chi connectivity index (χ1) is 10.7. The Morgan fingerprint density at radius 2 is 1.91 bits per heavy atom. The van der Waals surface area contributed by atoms with Gasteiger partial charge in [-0.15, -0.1) is 0 Å². The molecule has 2 amide bonds. The fourth-order valence-electron chi connectivity index (χ4n) is 3.56. The molecule has 0 radical (unpaired) electrons. The highest BCUT2D eigenvalue weighted by Gasteiger charge is 2.26. The molecule has 0 atom stereocenters. The maximum Gasteiger partial charge on any atom is 0.257 e. The van der Waals surface area contributed by atoms with Crippen molar-refractivity contribution < 1.29 is 14.0 Å². The number of hydrogen-bond acceptors (Lipinski definition) is 3. The summed E-state index contributed by atoms with van der Waals surface area (Å²) in [6, 6.07) is 1.90. The molecule has 5 nitrogen and oxygen atoms in total. The number of likely N-dealkylation sites (tertiary alicyclic amines) is 1. The van der Waals surface area contributed by atoms with Gasteiger partial charge < -0.3 is 14.6 Å². The highest BCUT2D eigenvalue weighted by Crippen LogP contribution is 2.27. The van der Waals surface area contributed by atoms with Gasteiger partial charge in [0.2, 0.25) is 5.91 Å². The summed E-state index contributed by atoms with van der Waals surface area (Å²) in [7, 11) is 0. The van der Waals surface area contributed by atoms with Crippen LogP contribution < -0.4 is 5.32 Å². The minimum Gasteiger partial charge on any atom is -0.472 e. The molecule has 2 fully saturated rings. The first-order valence-corrected chi connectivity index (χ1v) is 8.33. The van der Waals surface area contributed by atoms with Crippen molar-refractivity contribution >= 4 is 11.8 Å². The fraction of sp³-hybridized carbons (Fsp3) is 0.647. The summed E-state index contributed by atoms with van der Waals surface area (Å²) >= 11 is 0. The van der Waals surface area contributed by atoms with E-state index in [4.69, 9.17) is 4.42 Å². The van der Waals surface area contributed by atoms with Crippen LogP contribution in [0.3, 0.4) is 0 Å². The lowest BCUT2D eigenvalue weighted by Crippen LogP contribution is -2.46. The van der Waals surface area contributed by atoms with E-state index < -0.39 is 0 Å². The lowest BCUT2D eigenvalue weighted by Gasteiger charge is -2.32. The Kier molecular flexibility index (Phi) is 4.80. The van der Waals surface area contributed by atoms with E-state index >= 15 is 0 Å². The third-order valence-electron chi connectivity index (χ3n) is 4.86. The number of hydrogen-bond donors (Lipinski definition) is 1. The van der Waals surface area contributed by atoms with Gasteiger partial charge in [-0.25, -0.2) is 0 Å². The van der Waals surface area contributed by atoms with Gasteiger partial charge in [0, 0.05) is 25.6 Å². The monoisotopic (exact) mass is 304 g/mol. The number of piperidine rings is 1. The molecule has 2 aliphatic rings. The Labute approximate surface area is 131 Å². The van der Waals surface area contributed by atoms with Crippen molar-refractivity contribution in [2.45, 2.75) is 51.0 Å². The van der Waals surface area contributed by atoms with E-state index in [0.29, 0.717) is 31.0 Å². The summed E-state index contributed by atoms with van der Waals surface area (Å²) in [5, 5.41) is 3.14. The van der Waals surface area contributed by atoms with Crippen LogP contribution in [0.5, 0.6) is 0 Å². The topological polar surface area (TPSA) is 62.6 Å². The molecule has 1 N–H and O–H groups in total. The summed E-state index contributed by atoms with van der Waals surface area (Å²) in [6.45, 7) is 1.39. The van der Waals surface area contributed by atoms with E-state index in [-0.39, 0.29) is 17.9 Å². The summed E-state index contributed by atoms with van der Waals surface area (Å²) in [4.78, 5) is 26.1. The predicted octanol–water partition coefficient (Wildman–Crippen LogP) is 2.58. The summed E-state index contributed by atoms with van der Waals surface area (Å²) in [5.74, 6) is 0.791. The van der Waals surface area contributed by atoms with Gasteiger partial charge >= 0.3 is 0 Å². The number of carbonyl (C=O) groups excluding carboxylic acids is 2. The van der Waals surface area contributed by atoms with E-state index in [2.05, 4.69) is 5.32 Å². The average molecular weight is 304 g/mol. The van der Waals surface area contributed by atoms with E-state index in [1.165, 1.54) is 38.2 Å². The molecule has 1 aromatic rings. The molecule has 3 rings (SSSR count). The van der Waals surface area contributed by atoms with Crippen LogP contribution in [0.15, 0.2) is 23.0 Å². The molecular formula is C17H24N2O3. The minimum atomic E-state index is 0.0180. The number of furan rings is 1. The maximum absolute atomic E-state index is 12.2. The minimum absolute atomic E-state index is 0.0180. The molecule has 1 saturated heterocycles. The van der Waals surface area contributed by atoms with E-state index in [9.17, 15) is 9.59 Å². The van der Waals surface area contributed by atoms with Gasteiger partial charge in [0.15, 0.2) is 0 Å². The molecule has 0 aromatic carbocycles. The van der Waals surface area contributed by atoms with Gasteiger partial charge in [-0.2, -0.15) is 0 Å². The standard InChI is InChI=1S/C17H24N2O3/c20-16(11-13-3-1-2-4-13)18-15-5-8-19(9-6-15)17(21)14-7-10-22-12-14/h7,10,12-13,15H,1-6,8-9,11H2,(H,18,20). The molecule has 2 heterocycles. The second kappa shape index (κ2) is 6.99. The smallest absolute Gasteiger partial charge is 0.257 e. The molecule has 5 heteroatoms. The highest BCUT2D eigenvalue weighted by molar-refractivity contribution is 5.93. The Balaban J connectivity index is 1.41. The van der Waals surface area contributed by atoms with Crippen molar-refractivity contribution in [2.24, 2.45) is 5.92 Å². The van der Waals surface area contributed by atoms with Crippen LogP contribution in [0.1, 0.15) is 55.3 Å². The summed E-state index contributed by atoms with van der Waals surface area (Å²) < 4.78 is 4.96. The lowest BCUT2D eigenvalue weighted by atomic mass is 10.0. The summed E-state index contributed by atoms with van der Waals surface area (Å²) in [6.07, 6.45) is 10.3. The zero-order chi connectivity index (χ0) is 15.4. The highest BCUT2D eigenvalue weighted by atomic mass is 16.3. The largest absolute Gasteiger partial charge is 0.472 e. The number of rotatable bonds is 4. The summed E-state index contributed by atoms with van der Waals surface area (Å²) in [5.41, 5.74) is 0.601. The SMILES string of the molecule is O=C(CC1CCCC1)NC1CCN(C(=O)c2ccoc2)CC1. The third-order valence-corrected chi connectivity index (χ3v) is 4.86. The lowest BCUT2D eigenvalue weighted by molar-refractivity contribution is -0.122. The quantitative estimate of drug-likeness (QED) is 0.930. The molecule has 22 heavy (non-hydrogen) atoms. The molecule has 1 saturated carbocycles. The van der Waals surface area contributed by atoms with Crippen LogP contribution in [-0.4, -0.2) is 35.8 Å². The van der Waals surface area contributed by atoms with E-state index in [1.54, 1.807) is 6.07 Å². The van der Waals surface area contributed by atoms with Gasteiger partial charge in [0.05, 0.1) is 11.8 Å². The van der Waals surface area contributed by atoms with Crippen molar-refractivity contribution in [1.29, 1.82) is 0 Å². The second-order valence-corrected chi connectivity index (χ2v) is 6.50. The van der Waals surface area contributed by atoms with Crippen molar-refractivity contribution in [3.05, 3.63) is 24.2 Å². The van der Waals surface area contributed by atoms with Gasteiger partial charge in [0.25, 0.3) is 5.91 Å². The van der Waals surface area contributed by atoms with Gasteiger partial charge in [-0.05, 0) is 37.7 Å². The van der Waals surface area contributed by atoms with Crippen LogP contribution in [0.25, 0.3) is 0 Å². The molecule has 1 aromatic heterocycles. The average Bonchev–Trinajstić information content (AvgIpc) is 3.20. The number of nitrogens with zero attached hydrogens (tertiary/aromatic N) is 1. The van der Waals surface area contributed by atoms with E-state index in [1.807, 2.05) is 4.90 Å². The first-order valence-electron chi connectivity index (χ1n) is 8.33. The van der Waals surface area contributed by atoms with E-state index in [0.717, 1.165) is 12.8 Å². The number of nitrogens with one attached hydrogen (secondary N) is 1. The predicted molar refractivity (Wildman–Crippen MR) is 82.4 cm³/mol. The molecule has 0 spiro atoms. The molecular weight excluding hydrogens is 280 g/mol. The number of amides is 2. The Bertz CT molecular complexity index is 498. The Morgan fingerprint density at radius 3 is 2.55 bits per heavy atom. The maximum atomic E-state index is 12.2. The van der Waals surface area contributed by atoms with Crippen LogP contribution in [0, 0.1) is 5.92 Å². The molecule has 0 unspecified atom stereocenters. The Morgan fingerprint density at radius 1 is 1.18 bits per heavy atom. The van der Waals surface area contributed by atoms with Crippen molar-refractivity contribution in [2.75, 3.05) is 13.1 Å². The van der Waals surface area contributed by atoms with Gasteiger partial charge in [-0.3, -0.25) is 9.59 Å². The number of carbonyl (C=O) groups is 2. The fourth-order valence-corrected chi connectivity index (χ4v) is 3.56. The van der Waals surface area contributed by atoms with Crippen LogP contribution in [0.2, 0.25) is 0 Å².